The summed E-state index contributed by atoms with van der Waals surface area (Å²) < 4.78 is 10.5. The molecule has 1 aliphatic heterocycles. The Kier molecular flexibility index (Phi) is 3.02. The molecule has 1 aliphatic rings. The highest BCUT2D eigenvalue weighted by atomic mass is 16.7. The van der Waals surface area contributed by atoms with Gasteiger partial charge in [-0.2, -0.15) is 0 Å². The number of fused-ring (bicyclic) bond motifs is 1. The van der Waals surface area contributed by atoms with E-state index >= 15 is 0 Å². The number of benzene rings is 2. The lowest BCUT2D eigenvalue weighted by atomic mass is 10.1. The maximum absolute atomic E-state index is 9.95. The van der Waals surface area contributed by atoms with E-state index in [1.165, 1.54) is 0 Å². The molecule has 104 valence electrons. The lowest BCUT2D eigenvalue weighted by Gasteiger charge is -2.11. The maximum Gasteiger partial charge on any atom is 0.231 e. The van der Waals surface area contributed by atoms with Gasteiger partial charge in [-0.25, -0.2) is 0 Å². The van der Waals surface area contributed by atoms with Gasteiger partial charge in [0.05, 0.1) is 0 Å². The van der Waals surface area contributed by atoms with Crippen LogP contribution in [0.25, 0.3) is 0 Å². The van der Waals surface area contributed by atoms with Crippen molar-refractivity contribution in [1.82, 2.24) is 0 Å². The number of hydrogen-bond acceptors (Lipinski definition) is 5. The van der Waals surface area contributed by atoms with Crippen molar-refractivity contribution in [3.63, 3.8) is 0 Å². The van der Waals surface area contributed by atoms with E-state index in [1.807, 2.05) is 6.92 Å². The molecule has 0 amide bonds. The van der Waals surface area contributed by atoms with Crippen molar-refractivity contribution in [3.8, 4) is 23.0 Å². The van der Waals surface area contributed by atoms with E-state index in [0.29, 0.717) is 18.0 Å². The molecule has 2 aromatic rings. The van der Waals surface area contributed by atoms with Crippen LogP contribution in [0.15, 0.2) is 30.3 Å². The molecule has 5 nitrogen and oxygen atoms in total. The molecule has 0 saturated heterocycles. The van der Waals surface area contributed by atoms with Crippen LogP contribution >= 0.6 is 0 Å². The van der Waals surface area contributed by atoms with Gasteiger partial charge in [0.15, 0.2) is 11.5 Å². The lowest BCUT2D eigenvalue weighted by molar-refractivity contribution is 0.174. The molecule has 0 unspecified atom stereocenters. The third-order valence-corrected chi connectivity index (χ3v) is 3.25. The van der Waals surface area contributed by atoms with Crippen LogP contribution in [-0.2, 0) is 6.54 Å². The van der Waals surface area contributed by atoms with E-state index in [-0.39, 0.29) is 18.3 Å². The Labute approximate surface area is 116 Å². The van der Waals surface area contributed by atoms with Gasteiger partial charge < -0.3 is 25.0 Å². The zero-order chi connectivity index (χ0) is 14.1. The summed E-state index contributed by atoms with van der Waals surface area (Å²) in [5, 5.41) is 22.5. The number of nitrogens with one attached hydrogen (secondary N) is 1. The quantitative estimate of drug-likeness (QED) is 0.750. The first-order valence-corrected chi connectivity index (χ1v) is 6.28. The Morgan fingerprint density at radius 1 is 1.10 bits per heavy atom. The fourth-order valence-corrected chi connectivity index (χ4v) is 2.15. The van der Waals surface area contributed by atoms with Crippen LogP contribution in [0.3, 0.4) is 0 Å². The highest BCUT2D eigenvalue weighted by Gasteiger charge is 2.16. The molecule has 5 heteroatoms. The zero-order valence-electron chi connectivity index (χ0n) is 11.0. The van der Waals surface area contributed by atoms with E-state index in [2.05, 4.69) is 5.32 Å². The normalized spacial score (nSPS) is 12.4. The smallest absolute Gasteiger partial charge is 0.231 e. The van der Waals surface area contributed by atoms with Crippen molar-refractivity contribution < 1.29 is 19.7 Å². The van der Waals surface area contributed by atoms with Gasteiger partial charge in [0.1, 0.15) is 11.5 Å². The third kappa shape index (κ3) is 2.30. The first-order chi connectivity index (χ1) is 9.63. The van der Waals surface area contributed by atoms with Gasteiger partial charge >= 0.3 is 0 Å². The van der Waals surface area contributed by atoms with Gasteiger partial charge in [0.2, 0.25) is 6.79 Å². The molecule has 0 saturated carbocycles. The molecule has 0 aliphatic carbocycles. The number of phenols is 2. The largest absolute Gasteiger partial charge is 0.508 e. The summed E-state index contributed by atoms with van der Waals surface area (Å²) in [6, 6.07) is 8.43. The van der Waals surface area contributed by atoms with Gasteiger partial charge in [0.25, 0.3) is 0 Å². The van der Waals surface area contributed by atoms with Crippen LogP contribution in [0.4, 0.5) is 5.69 Å². The van der Waals surface area contributed by atoms with Gasteiger partial charge in [-0.1, -0.05) is 0 Å². The Balaban J connectivity index is 1.78. The first-order valence-electron chi connectivity index (χ1n) is 6.28. The average molecular weight is 273 g/mol. The second-order valence-electron chi connectivity index (χ2n) is 4.69. The number of aryl methyl sites for hydroxylation is 1. The topological polar surface area (TPSA) is 71.0 Å². The number of aromatic hydroxyl groups is 2. The second kappa shape index (κ2) is 4.85. The number of anilines is 1. The van der Waals surface area contributed by atoms with Gasteiger partial charge in [-0.05, 0) is 36.8 Å². The van der Waals surface area contributed by atoms with Crippen molar-refractivity contribution in [1.29, 1.82) is 0 Å². The third-order valence-electron chi connectivity index (χ3n) is 3.25. The van der Waals surface area contributed by atoms with E-state index in [9.17, 15) is 10.2 Å². The first kappa shape index (κ1) is 12.5. The minimum absolute atomic E-state index is 0.165. The molecule has 3 rings (SSSR count). The van der Waals surface area contributed by atoms with Crippen molar-refractivity contribution in [3.05, 3.63) is 41.5 Å². The number of phenolic OH excluding ortho intramolecular Hbond substituents is 2. The van der Waals surface area contributed by atoms with Gasteiger partial charge in [-0.3, -0.25) is 0 Å². The number of ether oxygens (including phenoxy) is 2. The highest BCUT2D eigenvalue weighted by Crippen LogP contribution is 2.37. The monoisotopic (exact) mass is 273 g/mol. The summed E-state index contributed by atoms with van der Waals surface area (Å²) in [6.45, 7) is 2.54. The van der Waals surface area contributed by atoms with Crippen LogP contribution in [-0.4, -0.2) is 17.0 Å². The van der Waals surface area contributed by atoms with Crippen LogP contribution in [0, 0.1) is 6.92 Å². The molecule has 0 fully saturated rings. The summed E-state index contributed by atoms with van der Waals surface area (Å²) in [7, 11) is 0. The van der Waals surface area contributed by atoms with E-state index in [0.717, 1.165) is 16.8 Å². The predicted octanol–water partition coefficient (Wildman–Crippen LogP) is 2.75. The molecule has 0 radical (unpaired) electrons. The van der Waals surface area contributed by atoms with Crippen molar-refractivity contribution in [2.45, 2.75) is 13.5 Å². The van der Waals surface area contributed by atoms with Crippen molar-refractivity contribution in [2.75, 3.05) is 12.1 Å². The highest BCUT2D eigenvalue weighted by molar-refractivity contribution is 5.56. The van der Waals surface area contributed by atoms with Gasteiger partial charge in [-0.15, -0.1) is 0 Å². The molecule has 0 atom stereocenters. The Bertz CT molecular complexity index is 655. The van der Waals surface area contributed by atoms with E-state index < -0.39 is 0 Å². The lowest BCUT2D eigenvalue weighted by Crippen LogP contribution is -2.01. The molecular formula is C15H15NO4. The number of hydrogen-bond donors (Lipinski definition) is 3. The predicted molar refractivity (Wildman–Crippen MR) is 74.4 cm³/mol. The van der Waals surface area contributed by atoms with Crippen LogP contribution < -0.4 is 14.8 Å². The zero-order valence-corrected chi connectivity index (χ0v) is 11.0. The SMILES string of the molecule is Cc1cc(O)ccc1NCc1cc2c(cc1O)OCO2. The summed E-state index contributed by atoms with van der Waals surface area (Å²) in [5.74, 6) is 1.60. The molecular weight excluding hydrogens is 258 g/mol. The summed E-state index contributed by atoms with van der Waals surface area (Å²) in [5.41, 5.74) is 2.56. The average Bonchev–Trinajstić information content (AvgIpc) is 2.84. The molecule has 0 spiro atoms. The van der Waals surface area contributed by atoms with Gasteiger partial charge in [0, 0.05) is 23.9 Å². The molecule has 1 heterocycles. The minimum Gasteiger partial charge on any atom is -0.508 e. The molecule has 0 aromatic heterocycles. The van der Waals surface area contributed by atoms with E-state index in [4.69, 9.17) is 9.47 Å². The van der Waals surface area contributed by atoms with Crippen molar-refractivity contribution >= 4 is 5.69 Å². The Morgan fingerprint density at radius 3 is 2.60 bits per heavy atom. The standard InChI is InChI=1S/C15H15NO4/c1-9-4-11(17)2-3-12(9)16-7-10-5-14-15(6-13(10)18)20-8-19-14/h2-6,16-18H,7-8H2,1H3. The molecule has 3 N–H and O–H groups in total. The summed E-state index contributed by atoms with van der Waals surface area (Å²) >= 11 is 0. The maximum atomic E-state index is 9.95. The molecule has 0 bridgehead atoms. The Hall–Kier alpha value is -2.56. The van der Waals surface area contributed by atoms with Crippen molar-refractivity contribution in [2.24, 2.45) is 0 Å². The van der Waals surface area contributed by atoms with Crippen LogP contribution in [0.5, 0.6) is 23.0 Å². The molecule has 2 aromatic carbocycles. The summed E-state index contributed by atoms with van der Waals surface area (Å²) in [6.07, 6.45) is 0. The summed E-state index contributed by atoms with van der Waals surface area (Å²) in [4.78, 5) is 0. The van der Waals surface area contributed by atoms with Crippen LogP contribution in [0.2, 0.25) is 0 Å². The minimum atomic E-state index is 0.165. The van der Waals surface area contributed by atoms with Crippen LogP contribution in [0.1, 0.15) is 11.1 Å². The fraction of sp³-hybridized carbons (Fsp3) is 0.200. The fourth-order valence-electron chi connectivity index (χ4n) is 2.15. The van der Waals surface area contributed by atoms with E-state index in [1.54, 1.807) is 30.3 Å². The molecule has 20 heavy (non-hydrogen) atoms. The Morgan fingerprint density at radius 2 is 1.85 bits per heavy atom. The second-order valence-corrected chi connectivity index (χ2v) is 4.69. The number of rotatable bonds is 3.